The number of amides is 1. The molecule has 2 aromatic carbocycles. The number of halogens is 4. The van der Waals surface area contributed by atoms with Crippen molar-refractivity contribution in [2.24, 2.45) is 0 Å². The number of phenolic OH excluding ortho intramolecular Hbond substituents is 1. The van der Waals surface area contributed by atoms with E-state index in [-0.39, 0.29) is 40.8 Å². The maximum Gasteiger partial charge on any atom is 0.396 e. The normalized spacial score (nSPS) is 11.1. The van der Waals surface area contributed by atoms with E-state index in [0.717, 1.165) is 7.11 Å². The second-order valence-corrected chi connectivity index (χ2v) is 8.11. The highest BCUT2D eigenvalue weighted by Crippen LogP contribution is 2.35. The number of aromatic hydroxyl groups is 1. The smallest absolute Gasteiger partial charge is 0.396 e. The van der Waals surface area contributed by atoms with Crippen LogP contribution in [0.4, 0.5) is 18.9 Å². The number of Topliss-reactive ketones (excluding diaryl/α,β-unsaturated/α-hetero) is 1. The maximum atomic E-state index is 12.7. The minimum absolute atomic E-state index is 0.0381. The number of rotatable bonds is 10. The van der Waals surface area contributed by atoms with Crippen LogP contribution >= 0.6 is 11.6 Å². The standard InChI is InChI=1S/C24H25ClF3NO7/c1-13-11-17(25)18(29-22(32)23(33)34-3)12-20(13)36-10-4-9-35-19-6-5-15(14(2)30)21(31)16(19)7-8-24(26,27)28/h5-6,11-12,31H,4,7-10H2,1-3H3,(H,29,32). The Kier molecular flexibility index (Phi) is 9.97. The van der Waals surface area contributed by atoms with Gasteiger partial charge in [0.2, 0.25) is 0 Å². The van der Waals surface area contributed by atoms with Crippen molar-refractivity contribution in [2.45, 2.75) is 39.3 Å². The highest BCUT2D eigenvalue weighted by molar-refractivity contribution is 6.39. The van der Waals surface area contributed by atoms with Crippen molar-refractivity contribution >= 4 is 34.9 Å². The number of alkyl halides is 3. The molecule has 0 saturated carbocycles. The third-order valence-corrected chi connectivity index (χ3v) is 5.28. The minimum Gasteiger partial charge on any atom is -0.507 e. The zero-order valence-electron chi connectivity index (χ0n) is 19.8. The van der Waals surface area contributed by atoms with Crippen LogP contribution in [0.25, 0.3) is 0 Å². The number of ketones is 1. The van der Waals surface area contributed by atoms with E-state index >= 15 is 0 Å². The van der Waals surface area contributed by atoms with Crippen molar-refractivity contribution in [1.29, 1.82) is 0 Å². The molecule has 0 bridgehead atoms. The van der Waals surface area contributed by atoms with Crippen LogP contribution in [-0.4, -0.2) is 49.3 Å². The predicted octanol–water partition coefficient (Wildman–Crippen LogP) is 5.01. The van der Waals surface area contributed by atoms with Crippen molar-refractivity contribution in [3.63, 3.8) is 0 Å². The van der Waals surface area contributed by atoms with Crippen LogP contribution in [0.1, 0.15) is 41.3 Å². The van der Waals surface area contributed by atoms with E-state index in [1.807, 2.05) is 0 Å². The summed E-state index contributed by atoms with van der Waals surface area (Å²) >= 11 is 6.10. The Morgan fingerprint density at radius 3 is 2.31 bits per heavy atom. The second kappa shape index (κ2) is 12.5. The van der Waals surface area contributed by atoms with Gasteiger partial charge in [-0.3, -0.25) is 9.59 Å². The fourth-order valence-electron chi connectivity index (χ4n) is 3.14. The van der Waals surface area contributed by atoms with Crippen LogP contribution in [0.2, 0.25) is 5.02 Å². The summed E-state index contributed by atoms with van der Waals surface area (Å²) in [6, 6.07) is 5.62. The van der Waals surface area contributed by atoms with Crippen molar-refractivity contribution in [3.8, 4) is 17.2 Å². The Hall–Kier alpha value is -3.47. The Balaban J connectivity index is 2.03. The molecule has 2 rings (SSSR count). The van der Waals surface area contributed by atoms with Gasteiger partial charge >= 0.3 is 18.1 Å². The van der Waals surface area contributed by atoms with E-state index in [1.165, 1.54) is 31.2 Å². The van der Waals surface area contributed by atoms with Gasteiger partial charge in [0.25, 0.3) is 0 Å². The van der Waals surface area contributed by atoms with Gasteiger partial charge in [0.15, 0.2) is 5.78 Å². The molecule has 2 aromatic rings. The molecule has 12 heteroatoms. The molecule has 0 aliphatic rings. The van der Waals surface area contributed by atoms with E-state index in [9.17, 15) is 32.7 Å². The van der Waals surface area contributed by atoms with E-state index in [4.69, 9.17) is 21.1 Å². The first-order valence-corrected chi connectivity index (χ1v) is 11.1. The van der Waals surface area contributed by atoms with Gasteiger partial charge in [-0.2, -0.15) is 13.2 Å². The van der Waals surface area contributed by atoms with Crippen LogP contribution in [-0.2, 0) is 20.7 Å². The van der Waals surface area contributed by atoms with Crippen molar-refractivity contribution in [2.75, 3.05) is 25.6 Å². The van der Waals surface area contributed by atoms with Crippen LogP contribution in [0.3, 0.4) is 0 Å². The first-order valence-electron chi connectivity index (χ1n) is 10.7. The number of hydrogen-bond acceptors (Lipinski definition) is 7. The molecular formula is C24H25ClF3NO7. The highest BCUT2D eigenvalue weighted by atomic mass is 35.5. The quantitative estimate of drug-likeness (QED) is 0.192. The number of anilines is 1. The number of benzene rings is 2. The summed E-state index contributed by atoms with van der Waals surface area (Å²) < 4.78 is 53.8. The fraction of sp³-hybridized carbons (Fsp3) is 0.375. The van der Waals surface area contributed by atoms with Crippen LogP contribution < -0.4 is 14.8 Å². The number of carbonyl (C=O) groups is 3. The molecule has 36 heavy (non-hydrogen) atoms. The molecule has 0 aliphatic carbocycles. The molecule has 0 unspecified atom stereocenters. The average Bonchev–Trinajstić information content (AvgIpc) is 2.79. The molecule has 0 fully saturated rings. The van der Waals surface area contributed by atoms with Gasteiger partial charge in [0.1, 0.15) is 17.2 Å². The van der Waals surface area contributed by atoms with E-state index in [1.54, 1.807) is 6.92 Å². The number of nitrogens with one attached hydrogen (secondary N) is 1. The molecule has 0 heterocycles. The summed E-state index contributed by atoms with van der Waals surface area (Å²) in [7, 11) is 1.06. The minimum atomic E-state index is -4.45. The van der Waals surface area contributed by atoms with E-state index in [0.29, 0.717) is 17.7 Å². The molecule has 0 aliphatic heterocycles. The van der Waals surface area contributed by atoms with Gasteiger partial charge < -0.3 is 24.6 Å². The predicted molar refractivity (Wildman–Crippen MR) is 125 cm³/mol. The number of ether oxygens (including phenoxy) is 3. The molecule has 0 spiro atoms. The van der Waals surface area contributed by atoms with Gasteiger partial charge in [0.05, 0.1) is 36.6 Å². The SMILES string of the molecule is COC(=O)C(=O)Nc1cc(OCCCOc2ccc(C(C)=O)c(O)c2CCC(F)(F)F)c(C)cc1Cl. The molecule has 8 nitrogen and oxygen atoms in total. The summed E-state index contributed by atoms with van der Waals surface area (Å²) in [6.07, 6.45) is -5.88. The Morgan fingerprint density at radius 1 is 1.08 bits per heavy atom. The summed E-state index contributed by atoms with van der Waals surface area (Å²) in [5, 5.41) is 12.8. The zero-order chi connectivity index (χ0) is 27.0. The average molecular weight is 532 g/mol. The van der Waals surface area contributed by atoms with E-state index < -0.39 is 42.4 Å². The zero-order valence-corrected chi connectivity index (χ0v) is 20.5. The summed E-state index contributed by atoms with van der Waals surface area (Å²) in [5.41, 5.74) is 0.604. The topological polar surface area (TPSA) is 111 Å². The number of carbonyl (C=O) groups excluding carboxylic acids is 3. The number of methoxy groups -OCH3 is 1. The largest absolute Gasteiger partial charge is 0.507 e. The van der Waals surface area contributed by atoms with E-state index in [2.05, 4.69) is 10.1 Å². The molecule has 1 amide bonds. The lowest BCUT2D eigenvalue weighted by atomic mass is 10.0. The van der Waals surface area contributed by atoms with Crippen molar-refractivity contribution < 1.29 is 46.9 Å². The van der Waals surface area contributed by atoms with Gasteiger partial charge in [-0.25, -0.2) is 4.79 Å². The van der Waals surface area contributed by atoms with Crippen molar-refractivity contribution in [1.82, 2.24) is 0 Å². The van der Waals surface area contributed by atoms with Gasteiger partial charge in [-0.1, -0.05) is 11.6 Å². The fourth-order valence-corrected chi connectivity index (χ4v) is 3.40. The van der Waals surface area contributed by atoms with Crippen LogP contribution in [0, 0.1) is 6.92 Å². The Bertz CT molecular complexity index is 1140. The maximum absolute atomic E-state index is 12.7. The monoisotopic (exact) mass is 531 g/mol. The number of aryl methyl sites for hydroxylation is 1. The molecule has 2 N–H and O–H groups in total. The second-order valence-electron chi connectivity index (χ2n) is 7.70. The Morgan fingerprint density at radius 2 is 1.72 bits per heavy atom. The first-order chi connectivity index (χ1) is 16.8. The summed E-state index contributed by atoms with van der Waals surface area (Å²) in [4.78, 5) is 34.7. The highest BCUT2D eigenvalue weighted by Gasteiger charge is 2.29. The van der Waals surface area contributed by atoms with Crippen molar-refractivity contribution in [3.05, 3.63) is 46.0 Å². The molecule has 0 saturated heterocycles. The molecule has 0 aromatic heterocycles. The lowest BCUT2D eigenvalue weighted by Crippen LogP contribution is -2.24. The van der Waals surface area contributed by atoms with Crippen LogP contribution in [0.15, 0.2) is 24.3 Å². The Labute approximate surface area is 210 Å². The molecular weight excluding hydrogens is 507 g/mol. The van der Waals surface area contributed by atoms with Gasteiger partial charge in [-0.15, -0.1) is 0 Å². The summed E-state index contributed by atoms with van der Waals surface area (Å²) in [6.45, 7) is 3.08. The number of hydrogen-bond donors (Lipinski definition) is 2. The first kappa shape index (κ1) is 28.8. The summed E-state index contributed by atoms with van der Waals surface area (Å²) in [5.74, 6) is -2.71. The number of esters is 1. The third kappa shape index (κ3) is 8.04. The molecule has 196 valence electrons. The molecule has 0 atom stereocenters. The van der Waals surface area contributed by atoms with Gasteiger partial charge in [-0.05, 0) is 44.0 Å². The lowest BCUT2D eigenvalue weighted by molar-refractivity contribution is -0.150. The van der Waals surface area contributed by atoms with Gasteiger partial charge in [0, 0.05) is 24.5 Å². The van der Waals surface area contributed by atoms with Crippen LogP contribution in [0.5, 0.6) is 17.2 Å². The molecule has 0 radical (unpaired) electrons. The third-order valence-electron chi connectivity index (χ3n) is 4.96. The lowest BCUT2D eigenvalue weighted by Gasteiger charge is -2.16. The number of phenols is 1.